The van der Waals surface area contributed by atoms with Crippen LogP contribution < -0.4 is 0 Å². The molecule has 1 amide bonds. The first-order valence-corrected chi connectivity index (χ1v) is 7.58. The van der Waals surface area contributed by atoms with E-state index in [-0.39, 0.29) is 11.8 Å². The summed E-state index contributed by atoms with van der Waals surface area (Å²) in [5.74, 6) is 1.75. The molecule has 0 radical (unpaired) electrons. The minimum Gasteiger partial charge on any atom is -0.466 e. The Morgan fingerprint density at radius 3 is 2.90 bits per heavy atom. The number of furan rings is 1. The monoisotopic (exact) mass is 277 g/mol. The van der Waals surface area contributed by atoms with Gasteiger partial charge >= 0.3 is 0 Å². The number of aryl methyl sites for hydroxylation is 2. The number of rotatable bonds is 1. The van der Waals surface area contributed by atoms with E-state index in [0.717, 1.165) is 25.0 Å². The molecule has 1 aromatic heterocycles. The first-order chi connectivity index (χ1) is 9.49. The number of piperidine rings is 1. The number of nitrogens with zero attached hydrogens (tertiary/aromatic N) is 1. The summed E-state index contributed by atoms with van der Waals surface area (Å²) in [7, 11) is 0. The lowest BCUT2D eigenvalue weighted by molar-refractivity contribution is -0.0886. The molecule has 2 unspecified atom stereocenters. The molecule has 2 heterocycles. The molecule has 2 aliphatic rings. The van der Waals surface area contributed by atoms with Gasteiger partial charge in [-0.3, -0.25) is 4.79 Å². The van der Waals surface area contributed by atoms with Gasteiger partial charge in [-0.05, 0) is 39.2 Å². The van der Waals surface area contributed by atoms with Gasteiger partial charge in [0.1, 0.15) is 11.5 Å². The summed E-state index contributed by atoms with van der Waals surface area (Å²) < 4.78 is 5.46. The zero-order valence-electron chi connectivity index (χ0n) is 12.3. The van der Waals surface area contributed by atoms with E-state index in [9.17, 15) is 9.90 Å². The molecule has 1 saturated heterocycles. The van der Waals surface area contributed by atoms with Crippen LogP contribution >= 0.6 is 0 Å². The van der Waals surface area contributed by atoms with Crippen molar-refractivity contribution in [2.75, 3.05) is 13.1 Å². The molecule has 1 aromatic rings. The fourth-order valence-corrected chi connectivity index (χ4v) is 3.77. The van der Waals surface area contributed by atoms with E-state index in [4.69, 9.17) is 4.42 Å². The zero-order valence-corrected chi connectivity index (χ0v) is 12.3. The Bertz CT molecular complexity index is 522. The third-order valence-corrected chi connectivity index (χ3v) is 4.99. The smallest absolute Gasteiger partial charge is 0.257 e. The first-order valence-electron chi connectivity index (χ1n) is 7.58. The Labute approximate surface area is 119 Å². The van der Waals surface area contributed by atoms with Gasteiger partial charge in [-0.1, -0.05) is 12.8 Å². The quantitative estimate of drug-likeness (QED) is 0.858. The lowest BCUT2D eigenvalue weighted by atomic mass is 9.71. The fraction of sp³-hybridized carbons (Fsp3) is 0.688. The summed E-state index contributed by atoms with van der Waals surface area (Å²) in [6.45, 7) is 5.02. The van der Waals surface area contributed by atoms with Gasteiger partial charge in [-0.25, -0.2) is 0 Å². The number of hydrogen-bond acceptors (Lipinski definition) is 3. The highest BCUT2D eigenvalue weighted by Gasteiger charge is 2.44. The third-order valence-electron chi connectivity index (χ3n) is 4.99. The summed E-state index contributed by atoms with van der Waals surface area (Å²) in [5.41, 5.74) is 0.139. The minimum atomic E-state index is -0.531. The molecule has 1 aliphatic heterocycles. The molecular formula is C16H23NO3. The number of hydrogen-bond donors (Lipinski definition) is 1. The number of carbonyl (C=O) groups is 1. The van der Waals surface area contributed by atoms with Crippen LogP contribution in [0.3, 0.4) is 0 Å². The van der Waals surface area contributed by atoms with Gasteiger partial charge in [0, 0.05) is 19.0 Å². The third kappa shape index (κ3) is 2.26. The van der Waals surface area contributed by atoms with Crippen LogP contribution in [0.2, 0.25) is 0 Å². The van der Waals surface area contributed by atoms with Crippen molar-refractivity contribution >= 4 is 5.91 Å². The molecule has 2 atom stereocenters. The second kappa shape index (κ2) is 4.92. The van der Waals surface area contributed by atoms with Gasteiger partial charge in [0.05, 0.1) is 11.2 Å². The zero-order chi connectivity index (χ0) is 14.3. The van der Waals surface area contributed by atoms with Crippen LogP contribution in [-0.2, 0) is 0 Å². The lowest BCUT2D eigenvalue weighted by Crippen LogP contribution is -2.54. The summed E-state index contributed by atoms with van der Waals surface area (Å²) in [6.07, 6.45) is 4.91. The van der Waals surface area contributed by atoms with E-state index in [1.54, 1.807) is 0 Å². The number of aliphatic hydroxyl groups is 1. The van der Waals surface area contributed by atoms with Crippen molar-refractivity contribution in [1.82, 2.24) is 4.90 Å². The molecular weight excluding hydrogens is 254 g/mol. The van der Waals surface area contributed by atoms with Crippen molar-refractivity contribution in [2.24, 2.45) is 5.92 Å². The second-order valence-electron chi connectivity index (χ2n) is 6.37. The average molecular weight is 277 g/mol. The molecule has 110 valence electrons. The second-order valence-corrected chi connectivity index (χ2v) is 6.37. The maximum atomic E-state index is 12.6. The van der Waals surface area contributed by atoms with Crippen molar-refractivity contribution in [1.29, 1.82) is 0 Å². The van der Waals surface area contributed by atoms with Crippen LogP contribution in [0.25, 0.3) is 0 Å². The van der Waals surface area contributed by atoms with Crippen LogP contribution in [0.1, 0.15) is 54.0 Å². The molecule has 0 aromatic carbocycles. The van der Waals surface area contributed by atoms with Crippen molar-refractivity contribution < 1.29 is 14.3 Å². The fourth-order valence-electron chi connectivity index (χ4n) is 3.77. The summed E-state index contributed by atoms with van der Waals surface area (Å²) >= 11 is 0. The average Bonchev–Trinajstić information content (AvgIpc) is 2.76. The number of carbonyl (C=O) groups excluding carboxylic acids is 1. The molecule has 0 spiro atoms. The minimum absolute atomic E-state index is 0.0481. The number of fused-ring (bicyclic) bond motifs is 1. The van der Waals surface area contributed by atoms with Gasteiger partial charge in [-0.15, -0.1) is 0 Å². The molecule has 0 bridgehead atoms. The van der Waals surface area contributed by atoms with Crippen LogP contribution in [0.4, 0.5) is 0 Å². The molecule has 2 fully saturated rings. The number of likely N-dealkylation sites (tertiary alicyclic amines) is 1. The maximum absolute atomic E-state index is 12.6. The molecule has 4 heteroatoms. The Hall–Kier alpha value is -1.29. The topological polar surface area (TPSA) is 53.7 Å². The highest BCUT2D eigenvalue weighted by molar-refractivity contribution is 5.95. The first kappa shape index (κ1) is 13.7. The van der Waals surface area contributed by atoms with Gasteiger partial charge in [0.2, 0.25) is 0 Å². The predicted molar refractivity (Wildman–Crippen MR) is 75.6 cm³/mol. The van der Waals surface area contributed by atoms with Gasteiger partial charge in [0.25, 0.3) is 5.91 Å². The number of amides is 1. The molecule has 20 heavy (non-hydrogen) atoms. The summed E-state index contributed by atoms with van der Waals surface area (Å²) in [4.78, 5) is 14.5. The standard InChI is InChI=1S/C16H23NO3/c1-11-9-14(12(2)20-11)15(18)17-8-7-16(19)6-4-3-5-13(16)10-17/h9,13,19H,3-8,10H2,1-2H3. The Morgan fingerprint density at radius 1 is 1.40 bits per heavy atom. The van der Waals surface area contributed by atoms with Crippen molar-refractivity contribution in [3.05, 3.63) is 23.2 Å². The lowest BCUT2D eigenvalue weighted by Gasteiger charge is -2.47. The normalized spacial score (nSPS) is 30.1. The predicted octanol–water partition coefficient (Wildman–Crippen LogP) is 2.66. The Balaban J connectivity index is 1.76. The van der Waals surface area contributed by atoms with E-state index in [1.807, 2.05) is 24.8 Å². The van der Waals surface area contributed by atoms with E-state index in [2.05, 4.69) is 0 Å². The van der Waals surface area contributed by atoms with Crippen LogP contribution in [0, 0.1) is 19.8 Å². The Kier molecular flexibility index (Phi) is 3.36. The van der Waals surface area contributed by atoms with Gasteiger partial charge in [0.15, 0.2) is 0 Å². The van der Waals surface area contributed by atoms with Gasteiger partial charge in [-0.2, -0.15) is 0 Å². The molecule has 1 saturated carbocycles. The van der Waals surface area contributed by atoms with E-state index in [0.29, 0.717) is 30.8 Å². The maximum Gasteiger partial charge on any atom is 0.257 e. The highest BCUT2D eigenvalue weighted by Crippen LogP contribution is 2.40. The molecule has 1 aliphatic carbocycles. The molecule has 3 rings (SSSR count). The van der Waals surface area contributed by atoms with E-state index >= 15 is 0 Å². The van der Waals surface area contributed by atoms with Gasteiger partial charge < -0.3 is 14.4 Å². The van der Waals surface area contributed by atoms with E-state index < -0.39 is 5.60 Å². The van der Waals surface area contributed by atoms with Crippen molar-refractivity contribution in [2.45, 2.75) is 51.6 Å². The molecule has 1 N–H and O–H groups in total. The van der Waals surface area contributed by atoms with Crippen LogP contribution in [-0.4, -0.2) is 34.6 Å². The van der Waals surface area contributed by atoms with Crippen molar-refractivity contribution in [3.63, 3.8) is 0 Å². The Morgan fingerprint density at radius 2 is 2.20 bits per heavy atom. The van der Waals surface area contributed by atoms with Crippen molar-refractivity contribution in [3.8, 4) is 0 Å². The van der Waals surface area contributed by atoms with E-state index in [1.165, 1.54) is 6.42 Å². The largest absolute Gasteiger partial charge is 0.466 e. The summed E-state index contributed by atoms with van der Waals surface area (Å²) in [6, 6.07) is 1.82. The van der Waals surface area contributed by atoms with Crippen LogP contribution in [0.5, 0.6) is 0 Å². The molecule has 4 nitrogen and oxygen atoms in total. The summed E-state index contributed by atoms with van der Waals surface area (Å²) in [5, 5.41) is 10.7. The highest BCUT2D eigenvalue weighted by atomic mass is 16.3. The van der Waals surface area contributed by atoms with Crippen LogP contribution in [0.15, 0.2) is 10.5 Å². The SMILES string of the molecule is Cc1cc(C(=O)N2CCC3(O)CCCCC3C2)c(C)o1.